The normalized spacial score (nSPS) is 15.0. The van der Waals surface area contributed by atoms with Crippen LogP contribution in [0.3, 0.4) is 0 Å². The molecule has 3 aromatic rings. The SMILES string of the molecule is Cc1ccccc1CNC(=O)[C@H]1CC(=O)N(c2ccc(OCC(=O)Nc3ccc(Br)cc3C)cc2)C1. The van der Waals surface area contributed by atoms with Gasteiger partial charge in [-0.1, -0.05) is 40.2 Å². The molecule has 3 aromatic carbocycles. The van der Waals surface area contributed by atoms with Crippen LogP contribution in [0.25, 0.3) is 0 Å². The number of nitrogens with zero attached hydrogens (tertiary/aromatic N) is 1. The molecule has 0 saturated carbocycles. The first kappa shape index (κ1) is 25.4. The summed E-state index contributed by atoms with van der Waals surface area (Å²) in [6.07, 6.45) is 0.174. The first-order valence-corrected chi connectivity index (χ1v) is 12.5. The Morgan fingerprint density at radius 2 is 1.78 bits per heavy atom. The Kier molecular flexibility index (Phi) is 8.05. The van der Waals surface area contributed by atoms with E-state index in [1.165, 1.54) is 0 Å². The number of hydrogen-bond donors (Lipinski definition) is 2. The van der Waals surface area contributed by atoms with Gasteiger partial charge in [-0.25, -0.2) is 0 Å². The minimum atomic E-state index is -0.400. The van der Waals surface area contributed by atoms with Gasteiger partial charge in [-0.2, -0.15) is 0 Å². The van der Waals surface area contributed by atoms with E-state index in [9.17, 15) is 14.4 Å². The fourth-order valence-corrected chi connectivity index (χ4v) is 4.57. The maximum Gasteiger partial charge on any atom is 0.262 e. The van der Waals surface area contributed by atoms with Crippen LogP contribution in [0, 0.1) is 19.8 Å². The Morgan fingerprint density at radius 3 is 2.50 bits per heavy atom. The van der Waals surface area contributed by atoms with Crippen LogP contribution in [-0.4, -0.2) is 30.9 Å². The third-order valence-corrected chi connectivity index (χ3v) is 6.68. The van der Waals surface area contributed by atoms with Crippen LogP contribution in [0.4, 0.5) is 11.4 Å². The first-order valence-electron chi connectivity index (χ1n) is 11.7. The van der Waals surface area contributed by atoms with Crippen molar-refractivity contribution in [1.82, 2.24) is 5.32 Å². The quantitative estimate of drug-likeness (QED) is 0.424. The van der Waals surface area contributed by atoms with Crippen molar-refractivity contribution in [3.63, 3.8) is 0 Å². The van der Waals surface area contributed by atoms with Gasteiger partial charge in [0, 0.05) is 35.4 Å². The van der Waals surface area contributed by atoms with E-state index in [0.29, 0.717) is 24.5 Å². The van der Waals surface area contributed by atoms with E-state index in [0.717, 1.165) is 26.9 Å². The van der Waals surface area contributed by atoms with Gasteiger partial charge in [0.1, 0.15) is 5.75 Å². The highest BCUT2D eigenvalue weighted by molar-refractivity contribution is 9.10. The molecule has 0 spiro atoms. The molecule has 8 heteroatoms. The Balaban J connectivity index is 1.28. The molecule has 1 saturated heterocycles. The van der Waals surface area contributed by atoms with Gasteiger partial charge in [0.05, 0.1) is 5.92 Å². The van der Waals surface area contributed by atoms with Crippen LogP contribution in [0.15, 0.2) is 71.2 Å². The lowest BCUT2D eigenvalue weighted by Gasteiger charge is -2.17. The van der Waals surface area contributed by atoms with Gasteiger partial charge in [-0.3, -0.25) is 14.4 Å². The highest BCUT2D eigenvalue weighted by atomic mass is 79.9. The lowest BCUT2D eigenvalue weighted by atomic mass is 10.1. The Morgan fingerprint density at radius 1 is 1.03 bits per heavy atom. The Hall–Kier alpha value is -3.65. The molecule has 1 atom stereocenters. The molecule has 186 valence electrons. The molecule has 1 aliphatic rings. The zero-order chi connectivity index (χ0) is 25.7. The van der Waals surface area contributed by atoms with Gasteiger partial charge < -0.3 is 20.3 Å². The van der Waals surface area contributed by atoms with Crippen molar-refractivity contribution >= 4 is 45.0 Å². The zero-order valence-corrected chi connectivity index (χ0v) is 21.8. The number of halogens is 1. The number of rotatable bonds is 8. The van der Waals surface area contributed by atoms with Crippen molar-refractivity contribution in [3.8, 4) is 5.75 Å². The minimum Gasteiger partial charge on any atom is -0.484 e. The van der Waals surface area contributed by atoms with E-state index < -0.39 is 5.92 Å². The molecule has 0 aliphatic carbocycles. The molecule has 1 fully saturated rings. The fourth-order valence-electron chi connectivity index (χ4n) is 4.09. The molecule has 0 radical (unpaired) electrons. The van der Waals surface area contributed by atoms with Crippen molar-refractivity contribution in [1.29, 1.82) is 0 Å². The van der Waals surface area contributed by atoms with E-state index in [-0.39, 0.29) is 30.7 Å². The van der Waals surface area contributed by atoms with E-state index in [1.807, 2.05) is 56.3 Å². The van der Waals surface area contributed by atoms with Crippen LogP contribution < -0.4 is 20.3 Å². The van der Waals surface area contributed by atoms with Crippen LogP contribution in [-0.2, 0) is 20.9 Å². The lowest BCUT2D eigenvalue weighted by molar-refractivity contribution is -0.126. The Bertz CT molecular complexity index is 1280. The van der Waals surface area contributed by atoms with E-state index in [4.69, 9.17) is 4.74 Å². The third kappa shape index (κ3) is 6.31. The molecule has 0 bridgehead atoms. The predicted molar refractivity (Wildman–Crippen MR) is 143 cm³/mol. The lowest BCUT2D eigenvalue weighted by Crippen LogP contribution is -2.32. The fraction of sp³-hybridized carbons (Fsp3) is 0.250. The van der Waals surface area contributed by atoms with Gasteiger partial charge in [0.2, 0.25) is 11.8 Å². The smallest absolute Gasteiger partial charge is 0.262 e. The van der Waals surface area contributed by atoms with Crippen LogP contribution in [0.1, 0.15) is 23.1 Å². The van der Waals surface area contributed by atoms with E-state index in [1.54, 1.807) is 29.2 Å². The number of amides is 3. The molecular weight excluding hydrogens is 522 g/mol. The summed E-state index contributed by atoms with van der Waals surface area (Å²) < 4.78 is 6.55. The van der Waals surface area contributed by atoms with Crippen LogP contribution in [0.2, 0.25) is 0 Å². The summed E-state index contributed by atoms with van der Waals surface area (Å²) in [7, 11) is 0. The van der Waals surface area contributed by atoms with Crippen molar-refractivity contribution < 1.29 is 19.1 Å². The molecule has 7 nitrogen and oxygen atoms in total. The number of anilines is 2. The van der Waals surface area contributed by atoms with Crippen molar-refractivity contribution in [3.05, 3.63) is 87.9 Å². The van der Waals surface area contributed by atoms with Crippen molar-refractivity contribution in [2.24, 2.45) is 5.92 Å². The van der Waals surface area contributed by atoms with E-state index >= 15 is 0 Å². The summed E-state index contributed by atoms with van der Waals surface area (Å²) in [5.41, 5.74) is 4.54. The number of carbonyl (C=O) groups is 3. The predicted octanol–water partition coefficient (Wildman–Crippen LogP) is 4.75. The molecule has 1 aliphatic heterocycles. The number of carbonyl (C=O) groups excluding carboxylic acids is 3. The minimum absolute atomic E-state index is 0.0936. The first-order chi connectivity index (χ1) is 17.3. The molecule has 0 aromatic heterocycles. The summed E-state index contributed by atoms with van der Waals surface area (Å²) in [5, 5.41) is 5.79. The second kappa shape index (κ2) is 11.4. The highest BCUT2D eigenvalue weighted by Crippen LogP contribution is 2.27. The molecule has 1 heterocycles. The van der Waals surface area contributed by atoms with Crippen LogP contribution >= 0.6 is 15.9 Å². The van der Waals surface area contributed by atoms with Crippen LogP contribution in [0.5, 0.6) is 5.75 Å². The monoisotopic (exact) mass is 549 g/mol. The van der Waals surface area contributed by atoms with Gasteiger partial charge in [-0.05, 0) is 73.0 Å². The molecule has 3 amide bonds. The Labute approximate surface area is 219 Å². The van der Waals surface area contributed by atoms with E-state index in [2.05, 4.69) is 26.6 Å². The zero-order valence-electron chi connectivity index (χ0n) is 20.2. The summed E-state index contributed by atoms with van der Waals surface area (Å²) in [5.74, 6) is -0.368. The van der Waals surface area contributed by atoms with Gasteiger partial charge in [-0.15, -0.1) is 0 Å². The summed E-state index contributed by atoms with van der Waals surface area (Å²) in [6.45, 7) is 4.55. The maximum absolute atomic E-state index is 12.7. The highest BCUT2D eigenvalue weighted by Gasteiger charge is 2.35. The average molecular weight is 550 g/mol. The number of hydrogen-bond acceptors (Lipinski definition) is 4. The molecular formula is C28H28BrN3O4. The average Bonchev–Trinajstić information content (AvgIpc) is 3.26. The summed E-state index contributed by atoms with van der Waals surface area (Å²) in [4.78, 5) is 39.2. The number of benzene rings is 3. The molecule has 2 N–H and O–H groups in total. The van der Waals surface area contributed by atoms with Crippen molar-refractivity contribution in [2.45, 2.75) is 26.8 Å². The van der Waals surface area contributed by atoms with Crippen molar-refractivity contribution in [2.75, 3.05) is 23.4 Å². The topological polar surface area (TPSA) is 87.7 Å². The summed E-state index contributed by atoms with van der Waals surface area (Å²) in [6, 6.07) is 20.5. The third-order valence-electron chi connectivity index (χ3n) is 6.19. The second-order valence-electron chi connectivity index (χ2n) is 8.84. The molecule has 0 unspecified atom stereocenters. The maximum atomic E-state index is 12.7. The number of aryl methyl sites for hydroxylation is 2. The largest absolute Gasteiger partial charge is 0.484 e. The van der Waals surface area contributed by atoms with Gasteiger partial charge in [0.15, 0.2) is 6.61 Å². The molecule has 36 heavy (non-hydrogen) atoms. The molecule has 4 rings (SSSR count). The second-order valence-corrected chi connectivity index (χ2v) is 9.76. The summed E-state index contributed by atoms with van der Waals surface area (Å²) >= 11 is 3.40. The standard InChI is InChI=1S/C28H28BrN3O4/c1-18-5-3-4-6-20(18)15-30-28(35)21-14-27(34)32(16-21)23-8-10-24(11-9-23)36-17-26(33)31-25-12-7-22(29)13-19(25)2/h3-13,21H,14-17H2,1-2H3,(H,30,35)(H,31,33)/t21-/m0/s1. The number of ether oxygens (including phenoxy) is 1. The van der Waals surface area contributed by atoms with Gasteiger partial charge >= 0.3 is 0 Å². The number of nitrogens with one attached hydrogen (secondary N) is 2. The van der Waals surface area contributed by atoms with Gasteiger partial charge in [0.25, 0.3) is 5.91 Å².